The van der Waals surface area contributed by atoms with E-state index in [1.54, 1.807) is 0 Å². The van der Waals surface area contributed by atoms with E-state index < -0.39 is 12.1 Å². The van der Waals surface area contributed by atoms with Gasteiger partial charge in [-0.3, -0.25) is 4.79 Å². The summed E-state index contributed by atoms with van der Waals surface area (Å²) in [5, 5.41) is -0.656. The average molecular weight is 327 g/mol. The monoisotopic (exact) mass is 326 g/mol. The van der Waals surface area contributed by atoms with Crippen molar-refractivity contribution < 1.29 is 13.9 Å². The predicted molar refractivity (Wildman–Crippen MR) is 76.5 cm³/mol. The van der Waals surface area contributed by atoms with Crippen LogP contribution in [0.4, 0.5) is 10.1 Å². The molecular formula is C11H13Cl2FN2O2S. The number of thioether (sulfide) groups is 1. The number of aromatic nitrogens is 1. The van der Waals surface area contributed by atoms with E-state index in [9.17, 15) is 9.18 Å². The number of nitrogens with zero attached hydrogens (tertiary/aromatic N) is 1. The Kier molecular flexibility index (Phi) is 6.16. The van der Waals surface area contributed by atoms with E-state index >= 15 is 0 Å². The van der Waals surface area contributed by atoms with Crippen molar-refractivity contribution in [2.45, 2.75) is 26.4 Å². The van der Waals surface area contributed by atoms with E-state index in [-0.39, 0.29) is 26.7 Å². The van der Waals surface area contributed by atoms with Crippen LogP contribution < -0.4 is 10.5 Å². The highest BCUT2D eigenvalue weighted by Gasteiger charge is 2.21. The van der Waals surface area contributed by atoms with Gasteiger partial charge in [0.15, 0.2) is 6.10 Å². The first-order chi connectivity index (χ1) is 8.88. The van der Waals surface area contributed by atoms with Crippen LogP contribution in [0.1, 0.15) is 20.3 Å². The minimum Gasteiger partial charge on any atom is -0.464 e. The number of carbonyl (C=O) groups excluding carboxylic acids is 1. The Hall–Kier alpha value is -0.720. The number of carbonyl (C=O) groups is 1. The Morgan fingerprint density at radius 3 is 2.74 bits per heavy atom. The Morgan fingerprint density at radius 2 is 2.16 bits per heavy atom. The molecule has 1 atom stereocenters. The van der Waals surface area contributed by atoms with Crippen LogP contribution in [-0.2, 0) is 4.79 Å². The molecule has 0 aromatic carbocycles. The molecular weight excluding hydrogens is 314 g/mol. The number of anilines is 1. The van der Waals surface area contributed by atoms with Gasteiger partial charge in [-0.25, -0.2) is 0 Å². The normalized spacial score (nSPS) is 12.3. The number of rotatable bonds is 5. The number of ether oxygens (including phenoxy) is 1. The minimum absolute atomic E-state index is 0.105. The highest BCUT2D eigenvalue weighted by molar-refractivity contribution is 8.13. The first-order valence-corrected chi connectivity index (χ1v) is 7.25. The summed E-state index contributed by atoms with van der Waals surface area (Å²) in [6, 6.07) is 0. The van der Waals surface area contributed by atoms with Gasteiger partial charge in [0.05, 0.1) is 5.69 Å². The lowest BCUT2D eigenvalue weighted by atomic mass is 10.4. The van der Waals surface area contributed by atoms with Gasteiger partial charge < -0.3 is 10.5 Å². The predicted octanol–water partition coefficient (Wildman–Crippen LogP) is 3.55. The van der Waals surface area contributed by atoms with Crippen LogP contribution >= 0.6 is 35.0 Å². The SMILES string of the molecule is CCCSC(=O)[C@@H](C)Oc1nc(F)c(Cl)c(N)c1Cl. The lowest BCUT2D eigenvalue weighted by molar-refractivity contribution is -0.116. The van der Waals surface area contributed by atoms with Crippen molar-refractivity contribution in [2.24, 2.45) is 0 Å². The number of halogens is 3. The third-order valence-electron chi connectivity index (χ3n) is 2.11. The van der Waals surface area contributed by atoms with Crippen molar-refractivity contribution in [1.29, 1.82) is 0 Å². The summed E-state index contributed by atoms with van der Waals surface area (Å²) in [7, 11) is 0. The summed E-state index contributed by atoms with van der Waals surface area (Å²) < 4.78 is 18.6. The molecule has 0 bridgehead atoms. The zero-order valence-corrected chi connectivity index (χ0v) is 12.7. The van der Waals surface area contributed by atoms with Gasteiger partial charge in [-0.2, -0.15) is 9.37 Å². The van der Waals surface area contributed by atoms with E-state index in [0.29, 0.717) is 5.75 Å². The summed E-state index contributed by atoms with van der Waals surface area (Å²) >= 11 is 12.5. The molecule has 4 nitrogen and oxygen atoms in total. The van der Waals surface area contributed by atoms with Gasteiger partial charge in [-0.15, -0.1) is 0 Å². The number of hydrogen-bond acceptors (Lipinski definition) is 5. The Morgan fingerprint density at radius 1 is 1.53 bits per heavy atom. The molecule has 0 saturated heterocycles. The van der Waals surface area contributed by atoms with Crippen molar-refractivity contribution in [3.63, 3.8) is 0 Å². The third-order valence-corrected chi connectivity index (χ3v) is 4.06. The number of pyridine rings is 1. The molecule has 0 amide bonds. The van der Waals surface area contributed by atoms with E-state index in [1.807, 2.05) is 6.92 Å². The molecule has 1 aromatic heterocycles. The molecule has 106 valence electrons. The third kappa shape index (κ3) is 4.12. The maximum atomic E-state index is 13.3. The smallest absolute Gasteiger partial charge is 0.238 e. The standard InChI is InChI=1S/C11H13Cl2FN2O2S/c1-3-4-19-11(17)5(2)18-10-7(13)8(15)6(12)9(14)16-10/h5H,3-4H2,1-2H3,(H2,15,16)/t5-/m1/s1. The second kappa shape index (κ2) is 7.17. The zero-order chi connectivity index (χ0) is 14.6. The van der Waals surface area contributed by atoms with Crippen LogP contribution in [-0.4, -0.2) is 22.0 Å². The maximum Gasteiger partial charge on any atom is 0.238 e. The Balaban J connectivity index is 2.85. The highest BCUT2D eigenvalue weighted by atomic mass is 35.5. The fourth-order valence-corrected chi connectivity index (χ4v) is 2.18. The van der Waals surface area contributed by atoms with Crippen LogP contribution in [0.25, 0.3) is 0 Å². The highest BCUT2D eigenvalue weighted by Crippen LogP contribution is 2.35. The van der Waals surface area contributed by atoms with Crippen LogP contribution in [0.5, 0.6) is 5.88 Å². The van der Waals surface area contributed by atoms with Crippen LogP contribution in [0, 0.1) is 5.95 Å². The lowest BCUT2D eigenvalue weighted by Crippen LogP contribution is -2.22. The molecule has 0 aliphatic heterocycles. The van der Waals surface area contributed by atoms with Gasteiger partial charge >= 0.3 is 0 Å². The molecule has 0 unspecified atom stereocenters. The molecule has 2 N–H and O–H groups in total. The van der Waals surface area contributed by atoms with E-state index in [0.717, 1.165) is 18.2 Å². The van der Waals surface area contributed by atoms with Crippen molar-refractivity contribution in [2.75, 3.05) is 11.5 Å². The molecule has 8 heteroatoms. The first kappa shape index (κ1) is 16.3. The van der Waals surface area contributed by atoms with Crippen LogP contribution in [0.15, 0.2) is 0 Å². The van der Waals surface area contributed by atoms with E-state index in [2.05, 4.69) is 4.98 Å². The van der Waals surface area contributed by atoms with Crippen molar-refractivity contribution in [1.82, 2.24) is 4.98 Å². The molecule has 0 radical (unpaired) electrons. The summed E-state index contributed by atoms with van der Waals surface area (Å²) in [6.45, 7) is 3.49. The van der Waals surface area contributed by atoms with Crippen molar-refractivity contribution in [3.8, 4) is 5.88 Å². The van der Waals surface area contributed by atoms with Crippen molar-refractivity contribution >= 4 is 45.8 Å². The number of nitrogens with two attached hydrogens (primary N) is 1. The molecule has 1 heterocycles. The molecule has 0 saturated carbocycles. The average Bonchev–Trinajstić information content (AvgIpc) is 2.39. The van der Waals surface area contributed by atoms with E-state index in [1.165, 1.54) is 6.92 Å². The van der Waals surface area contributed by atoms with Gasteiger partial charge in [-0.05, 0) is 13.3 Å². The van der Waals surface area contributed by atoms with Gasteiger partial charge in [0.2, 0.25) is 16.9 Å². The first-order valence-electron chi connectivity index (χ1n) is 5.51. The topological polar surface area (TPSA) is 65.2 Å². The molecule has 0 aliphatic rings. The largest absolute Gasteiger partial charge is 0.464 e. The number of hydrogen-bond donors (Lipinski definition) is 1. The molecule has 0 spiro atoms. The fourth-order valence-electron chi connectivity index (χ4n) is 1.12. The minimum atomic E-state index is -0.987. The second-order valence-electron chi connectivity index (χ2n) is 3.68. The molecule has 1 aromatic rings. The molecule has 1 rings (SSSR count). The lowest BCUT2D eigenvalue weighted by Gasteiger charge is -2.14. The van der Waals surface area contributed by atoms with Crippen LogP contribution in [0.2, 0.25) is 10.0 Å². The zero-order valence-electron chi connectivity index (χ0n) is 10.4. The quantitative estimate of drug-likeness (QED) is 0.838. The molecule has 0 fully saturated rings. The summed E-state index contributed by atoms with van der Waals surface area (Å²) in [5.74, 6) is -0.538. The van der Waals surface area contributed by atoms with Gasteiger partial charge in [0.1, 0.15) is 10.0 Å². The Labute approximate surface area is 124 Å². The Bertz CT molecular complexity index is 488. The van der Waals surface area contributed by atoms with Gasteiger partial charge in [-0.1, -0.05) is 41.9 Å². The molecule has 0 aliphatic carbocycles. The van der Waals surface area contributed by atoms with Crippen molar-refractivity contribution in [3.05, 3.63) is 16.0 Å². The van der Waals surface area contributed by atoms with Gasteiger partial charge in [0.25, 0.3) is 0 Å². The van der Waals surface area contributed by atoms with E-state index in [4.69, 9.17) is 33.7 Å². The molecule has 19 heavy (non-hydrogen) atoms. The van der Waals surface area contributed by atoms with Crippen LogP contribution in [0.3, 0.4) is 0 Å². The summed E-state index contributed by atoms with van der Waals surface area (Å²) in [5.41, 5.74) is 5.34. The fraction of sp³-hybridized carbons (Fsp3) is 0.455. The number of nitrogen functional groups attached to an aromatic ring is 1. The second-order valence-corrected chi connectivity index (χ2v) is 5.53. The summed E-state index contributed by atoms with van der Waals surface area (Å²) in [6.07, 6.45) is 0.0616. The maximum absolute atomic E-state index is 13.3. The summed E-state index contributed by atoms with van der Waals surface area (Å²) in [4.78, 5) is 15.1. The van der Waals surface area contributed by atoms with Gasteiger partial charge in [0, 0.05) is 5.75 Å².